The molecule has 4 heterocycles. The third-order valence-electron chi connectivity index (χ3n) is 8.55. The van der Waals surface area contributed by atoms with Gasteiger partial charge in [0.2, 0.25) is 0 Å². The van der Waals surface area contributed by atoms with Crippen LogP contribution in [-0.4, -0.2) is 75.2 Å². The van der Waals surface area contributed by atoms with Crippen LogP contribution < -0.4 is 5.73 Å². The number of nitrogens with two attached hydrogens (primary N) is 1. The van der Waals surface area contributed by atoms with Crippen molar-refractivity contribution in [3.8, 4) is 0 Å². The summed E-state index contributed by atoms with van der Waals surface area (Å²) in [6.45, 7) is 4.96. The zero-order valence-electron chi connectivity index (χ0n) is 22.5. The number of rotatable bonds is 5. The molecule has 1 aliphatic carbocycles. The Balaban J connectivity index is 1.11. The molecule has 39 heavy (non-hydrogen) atoms. The molecule has 3 aliphatic rings. The Labute approximate surface area is 228 Å². The summed E-state index contributed by atoms with van der Waals surface area (Å²) in [5, 5.41) is 4.70. The van der Waals surface area contributed by atoms with Crippen LogP contribution in [0.25, 0.3) is 11.2 Å². The predicted octanol–water partition coefficient (Wildman–Crippen LogP) is 3.91. The quantitative estimate of drug-likeness (QED) is 0.538. The van der Waals surface area contributed by atoms with E-state index >= 15 is 0 Å². The average molecular weight is 529 g/mol. The Kier molecular flexibility index (Phi) is 6.85. The normalized spacial score (nSPS) is 19.2. The van der Waals surface area contributed by atoms with Crippen LogP contribution in [0, 0.1) is 5.41 Å². The first-order valence-corrected chi connectivity index (χ1v) is 14.0. The summed E-state index contributed by atoms with van der Waals surface area (Å²) in [7, 11) is 0. The van der Waals surface area contributed by atoms with Crippen LogP contribution >= 0.6 is 0 Å². The summed E-state index contributed by atoms with van der Waals surface area (Å²) in [5.74, 6) is 0.837. The van der Waals surface area contributed by atoms with Crippen LogP contribution in [0.4, 0.5) is 4.79 Å². The standard InChI is InChI=1S/C30H36N6O3/c1-2-39-29(38)35-14-9-22(10-15-35)25-4-3-13-36-27(25)32-26(33-36)18-21-5-7-23(8-6-21)28(37)34-16-11-30(12-17-34)19-24(31)20-30/h3-9,13,24H,2,10-12,14-20,31H2,1H3. The fraction of sp³-hybridized carbons (Fsp3) is 0.467. The molecule has 2 aromatic heterocycles. The molecule has 3 aromatic rings. The first-order valence-electron chi connectivity index (χ1n) is 14.0. The molecule has 1 spiro atoms. The van der Waals surface area contributed by atoms with Gasteiger partial charge >= 0.3 is 6.09 Å². The number of hydrogen-bond donors (Lipinski definition) is 1. The lowest BCUT2D eigenvalue weighted by Crippen LogP contribution is -2.53. The number of hydrogen-bond acceptors (Lipinski definition) is 6. The number of pyridine rings is 1. The van der Waals surface area contributed by atoms with Gasteiger partial charge in [-0.2, -0.15) is 5.10 Å². The molecule has 9 nitrogen and oxygen atoms in total. The van der Waals surface area contributed by atoms with Gasteiger partial charge in [-0.1, -0.05) is 18.2 Å². The van der Waals surface area contributed by atoms with E-state index in [1.165, 1.54) is 0 Å². The van der Waals surface area contributed by atoms with E-state index < -0.39 is 0 Å². The summed E-state index contributed by atoms with van der Waals surface area (Å²) in [4.78, 5) is 33.7. The molecule has 0 bridgehead atoms. The maximum atomic E-state index is 13.1. The molecule has 0 radical (unpaired) electrons. The lowest BCUT2D eigenvalue weighted by molar-refractivity contribution is 0.0176. The molecular weight excluding hydrogens is 492 g/mol. The molecule has 1 saturated carbocycles. The van der Waals surface area contributed by atoms with Crippen LogP contribution in [0.5, 0.6) is 0 Å². The van der Waals surface area contributed by atoms with Gasteiger partial charge < -0.3 is 20.3 Å². The number of amides is 2. The Hall–Kier alpha value is -3.72. The number of fused-ring (bicyclic) bond motifs is 1. The van der Waals surface area contributed by atoms with Gasteiger partial charge in [0, 0.05) is 56.0 Å². The van der Waals surface area contributed by atoms with Crippen molar-refractivity contribution < 1.29 is 14.3 Å². The monoisotopic (exact) mass is 528 g/mol. The topological polar surface area (TPSA) is 106 Å². The maximum Gasteiger partial charge on any atom is 0.410 e. The van der Waals surface area contributed by atoms with E-state index in [1.807, 2.05) is 52.9 Å². The number of carbonyl (C=O) groups excluding carboxylic acids is 2. The highest BCUT2D eigenvalue weighted by atomic mass is 16.6. The van der Waals surface area contributed by atoms with Crippen LogP contribution in [0.1, 0.15) is 66.3 Å². The Morgan fingerprint density at radius 2 is 1.85 bits per heavy atom. The largest absolute Gasteiger partial charge is 0.450 e. The molecule has 2 N–H and O–H groups in total. The minimum absolute atomic E-state index is 0.109. The van der Waals surface area contributed by atoms with Gasteiger partial charge in [-0.3, -0.25) is 4.79 Å². The van der Waals surface area contributed by atoms with E-state index in [-0.39, 0.29) is 12.0 Å². The van der Waals surface area contributed by atoms with E-state index in [2.05, 4.69) is 12.1 Å². The second-order valence-electron chi connectivity index (χ2n) is 11.2. The second kappa shape index (κ2) is 10.4. The van der Waals surface area contributed by atoms with Crippen molar-refractivity contribution in [2.45, 2.75) is 51.5 Å². The summed E-state index contributed by atoms with van der Waals surface area (Å²) in [6, 6.07) is 12.2. The van der Waals surface area contributed by atoms with Crippen molar-refractivity contribution in [1.82, 2.24) is 24.4 Å². The van der Waals surface area contributed by atoms with Crippen molar-refractivity contribution in [1.29, 1.82) is 0 Å². The lowest BCUT2D eigenvalue weighted by Gasteiger charge is -2.51. The molecule has 6 rings (SSSR count). The molecule has 0 atom stereocenters. The maximum absolute atomic E-state index is 13.1. The zero-order valence-corrected chi connectivity index (χ0v) is 22.5. The third-order valence-corrected chi connectivity index (χ3v) is 8.55. The lowest BCUT2D eigenvalue weighted by atomic mass is 9.61. The fourth-order valence-electron chi connectivity index (χ4n) is 6.35. The highest BCUT2D eigenvalue weighted by Crippen LogP contribution is 2.48. The van der Waals surface area contributed by atoms with Gasteiger partial charge in [0.15, 0.2) is 11.5 Å². The summed E-state index contributed by atoms with van der Waals surface area (Å²) >= 11 is 0. The van der Waals surface area contributed by atoms with Crippen molar-refractivity contribution in [2.75, 3.05) is 32.8 Å². The van der Waals surface area contributed by atoms with Gasteiger partial charge in [-0.25, -0.2) is 14.3 Å². The van der Waals surface area contributed by atoms with E-state index in [4.69, 9.17) is 20.6 Å². The molecule has 1 saturated heterocycles. The van der Waals surface area contributed by atoms with E-state index in [0.29, 0.717) is 37.6 Å². The zero-order chi connectivity index (χ0) is 27.0. The van der Waals surface area contributed by atoms with Crippen LogP contribution in [0.3, 0.4) is 0 Å². The minimum atomic E-state index is -0.272. The number of carbonyl (C=O) groups is 2. The van der Waals surface area contributed by atoms with Gasteiger partial charge in [-0.05, 0) is 79.8 Å². The highest BCUT2D eigenvalue weighted by Gasteiger charge is 2.44. The molecule has 2 amide bonds. The smallest absolute Gasteiger partial charge is 0.410 e. The summed E-state index contributed by atoms with van der Waals surface area (Å²) in [5.41, 5.74) is 11.2. The van der Waals surface area contributed by atoms with E-state index in [1.54, 1.807) is 4.90 Å². The van der Waals surface area contributed by atoms with Gasteiger partial charge in [-0.15, -0.1) is 0 Å². The van der Waals surface area contributed by atoms with E-state index in [9.17, 15) is 9.59 Å². The van der Waals surface area contributed by atoms with Crippen LogP contribution in [-0.2, 0) is 11.2 Å². The van der Waals surface area contributed by atoms with Crippen molar-refractivity contribution in [3.63, 3.8) is 0 Å². The van der Waals surface area contributed by atoms with Crippen LogP contribution in [0.15, 0.2) is 48.7 Å². The van der Waals surface area contributed by atoms with Gasteiger partial charge in [0.25, 0.3) is 5.91 Å². The molecule has 0 unspecified atom stereocenters. The molecule has 204 valence electrons. The molecule has 2 aliphatic heterocycles. The second-order valence-corrected chi connectivity index (χ2v) is 11.2. The fourth-order valence-corrected chi connectivity index (χ4v) is 6.35. The predicted molar refractivity (Wildman–Crippen MR) is 148 cm³/mol. The molecule has 1 aromatic carbocycles. The molecule has 2 fully saturated rings. The van der Waals surface area contributed by atoms with Gasteiger partial charge in [0.1, 0.15) is 0 Å². The number of aromatic nitrogens is 3. The molecular formula is C30H36N6O3. The number of benzene rings is 1. The summed E-state index contributed by atoms with van der Waals surface area (Å²) in [6.07, 6.45) is 9.36. The van der Waals surface area contributed by atoms with Crippen molar-refractivity contribution in [3.05, 3.63) is 71.2 Å². The minimum Gasteiger partial charge on any atom is -0.450 e. The Morgan fingerprint density at radius 3 is 2.51 bits per heavy atom. The van der Waals surface area contributed by atoms with E-state index in [0.717, 1.165) is 78.9 Å². The average Bonchev–Trinajstić information content (AvgIpc) is 3.36. The number of nitrogens with zero attached hydrogens (tertiary/aromatic N) is 5. The number of ether oxygens (including phenoxy) is 1. The Bertz CT molecular complexity index is 1400. The first-order chi connectivity index (χ1) is 18.9. The van der Waals surface area contributed by atoms with Crippen molar-refractivity contribution in [2.24, 2.45) is 11.1 Å². The van der Waals surface area contributed by atoms with Crippen molar-refractivity contribution >= 4 is 23.2 Å². The third kappa shape index (κ3) is 5.15. The Morgan fingerprint density at radius 1 is 1.08 bits per heavy atom. The van der Waals surface area contributed by atoms with Crippen LogP contribution in [0.2, 0.25) is 0 Å². The number of piperidine rings is 1. The summed E-state index contributed by atoms with van der Waals surface area (Å²) < 4.78 is 6.95. The first kappa shape index (κ1) is 25.6. The highest BCUT2D eigenvalue weighted by molar-refractivity contribution is 5.94. The number of likely N-dealkylation sites (tertiary alicyclic amines) is 1. The SMILES string of the molecule is CCOC(=O)N1CC=C(c2cccn3nc(Cc4ccc(C(=O)N5CCC6(CC5)CC(N)C6)cc4)nc23)CC1. The molecule has 9 heteroatoms. The van der Waals surface area contributed by atoms with Gasteiger partial charge in [0.05, 0.1) is 6.61 Å².